The Labute approximate surface area is 144 Å². The minimum absolute atomic E-state index is 0.0551. The van der Waals surface area contributed by atoms with Gasteiger partial charge in [0.15, 0.2) is 5.69 Å². The van der Waals surface area contributed by atoms with Crippen molar-refractivity contribution in [3.05, 3.63) is 83.8 Å². The van der Waals surface area contributed by atoms with Crippen LogP contribution < -0.4 is 10.5 Å². The van der Waals surface area contributed by atoms with Gasteiger partial charge in [0.1, 0.15) is 0 Å². The van der Waals surface area contributed by atoms with E-state index < -0.39 is 11.9 Å². The van der Waals surface area contributed by atoms with E-state index in [9.17, 15) is 9.59 Å². The van der Waals surface area contributed by atoms with Gasteiger partial charge in [-0.2, -0.15) is 0 Å². The lowest BCUT2D eigenvalue weighted by molar-refractivity contribution is -0.128. The standard InChI is InChI=1S/C19H15N3O3/c20-17(23)16-18(22-12-21-16)25-19(24)15(14-9-5-2-6-10-14)11-13-7-3-1-4-8-13/h1-12H,(H2,20,23)(H,21,22). The van der Waals surface area contributed by atoms with Crippen molar-refractivity contribution in [3.8, 4) is 5.88 Å². The molecule has 2 aromatic carbocycles. The number of carbonyl (C=O) groups excluding carboxylic acids is 2. The second kappa shape index (κ2) is 7.27. The molecule has 0 radical (unpaired) electrons. The van der Waals surface area contributed by atoms with Gasteiger partial charge in [-0.05, 0) is 17.2 Å². The van der Waals surface area contributed by atoms with Gasteiger partial charge in [-0.3, -0.25) is 4.79 Å². The number of primary amides is 1. The second-order valence-electron chi connectivity index (χ2n) is 5.17. The Kier molecular flexibility index (Phi) is 4.71. The molecular weight excluding hydrogens is 318 g/mol. The van der Waals surface area contributed by atoms with Crippen molar-refractivity contribution < 1.29 is 14.3 Å². The molecule has 0 atom stereocenters. The van der Waals surface area contributed by atoms with Crippen molar-refractivity contribution in [2.75, 3.05) is 0 Å². The number of nitrogens with zero attached hydrogens (tertiary/aromatic N) is 1. The van der Waals surface area contributed by atoms with Crippen LogP contribution in [-0.2, 0) is 4.79 Å². The van der Waals surface area contributed by atoms with Crippen molar-refractivity contribution in [2.45, 2.75) is 0 Å². The number of nitrogens with two attached hydrogens (primary N) is 1. The van der Waals surface area contributed by atoms with Gasteiger partial charge in [0.2, 0.25) is 0 Å². The number of ether oxygens (including phenoxy) is 1. The van der Waals surface area contributed by atoms with Crippen molar-refractivity contribution in [3.63, 3.8) is 0 Å². The van der Waals surface area contributed by atoms with Gasteiger partial charge in [0.05, 0.1) is 11.9 Å². The number of H-pyrrole nitrogens is 1. The predicted octanol–water partition coefficient (Wildman–Crippen LogP) is 2.65. The van der Waals surface area contributed by atoms with E-state index in [4.69, 9.17) is 10.5 Å². The molecule has 25 heavy (non-hydrogen) atoms. The number of aromatic amines is 1. The average Bonchev–Trinajstić information content (AvgIpc) is 3.09. The topological polar surface area (TPSA) is 98.1 Å². The van der Waals surface area contributed by atoms with Crippen LogP contribution in [0.1, 0.15) is 21.6 Å². The second-order valence-corrected chi connectivity index (χ2v) is 5.17. The summed E-state index contributed by atoms with van der Waals surface area (Å²) in [5.41, 5.74) is 7.04. The van der Waals surface area contributed by atoms with Crippen LogP contribution in [0.25, 0.3) is 11.6 Å². The Morgan fingerprint density at radius 3 is 2.28 bits per heavy atom. The van der Waals surface area contributed by atoms with E-state index in [0.29, 0.717) is 11.1 Å². The molecule has 3 rings (SSSR count). The fourth-order valence-electron chi connectivity index (χ4n) is 2.27. The number of benzene rings is 2. The highest BCUT2D eigenvalue weighted by molar-refractivity contribution is 6.22. The summed E-state index contributed by atoms with van der Waals surface area (Å²) in [4.78, 5) is 30.4. The van der Waals surface area contributed by atoms with E-state index in [1.165, 1.54) is 6.33 Å². The summed E-state index contributed by atoms with van der Waals surface area (Å²) in [7, 11) is 0. The van der Waals surface area contributed by atoms with Crippen LogP contribution in [-0.4, -0.2) is 21.8 Å². The van der Waals surface area contributed by atoms with Crippen LogP contribution in [0.15, 0.2) is 67.0 Å². The largest absolute Gasteiger partial charge is 0.401 e. The van der Waals surface area contributed by atoms with Gasteiger partial charge in [-0.25, -0.2) is 9.78 Å². The van der Waals surface area contributed by atoms with E-state index in [-0.39, 0.29) is 11.6 Å². The fourth-order valence-corrected chi connectivity index (χ4v) is 2.27. The van der Waals surface area contributed by atoms with Crippen molar-refractivity contribution in [1.29, 1.82) is 0 Å². The zero-order valence-corrected chi connectivity index (χ0v) is 13.2. The molecule has 3 aromatic rings. The average molecular weight is 333 g/mol. The molecule has 0 saturated carbocycles. The summed E-state index contributed by atoms with van der Waals surface area (Å²) in [6.45, 7) is 0. The summed E-state index contributed by atoms with van der Waals surface area (Å²) in [5.74, 6) is -1.54. The quantitative estimate of drug-likeness (QED) is 0.426. The molecule has 1 heterocycles. The number of hydrogen-bond donors (Lipinski definition) is 2. The van der Waals surface area contributed by atoms with Gasteiger partial charge >= 0.3 is 5.97 Å². The van der Waals surface area contributed by atoms with Crippen LogP contribution in [0.4, 0.5) is 0 Å². The van der Waals surface area contributed by atoms with Crippen LogP contribution in [0.5, 0.6) is 5.88 Å². The third-order valence-corrected chi connectivity index (χ3v) is 3.46. The molecule has 0 bridgehead atoms. The van der Waals surface area contributed by atoms with Gasteiger partial charge in [-0.1, -0.05) is 60.7 Å². The van der Waals surface area contributed by atoms with Gasteiger partial charge in [0, 0.05) is 0 Å². The molecular formula is C19H15N3O3. The Morgan fingerprint density at radius 2 is 1.64 bits per heavy atom. The molecule has 0 saturated heterocycles. The third-order valence-electron chi connectivity index (χ3n) is 3.46. The van der Waals surface area contributed by atoms with E-state index >= 15 is 0 Å². The Morgan fingerprint density at radius 1 is 1.00 bits per heavy atom. The van der Waals surface area contributed by atoms with Crippen LogP contribution in [0.2, 0.25) is 0 Å². The molecule has 0 aliphatic rings. The Balaban J connectivity index is 1.97. The lowest BCUT2D eigenvalue weighted by Crippen LogP contribution is -2.16. The van der Waals surface area contributed by atoms with E-state index in [2.05, 4.69) is 9.97 Å². The highest BCUT2D eigenvalue weighted by Crippen LogP contribution is 2.22. The molecule has 0 spiro atoms. The Hall–Kier alpha value is -3.67. The summed E-state index contributed by atoms with van der Waals surface area (Å²) in [6.07, 6.45) is 2.96. The van der Waals surface area contributed by atoms with Crippen LogP contribution in [0, 0.1) is 0 Å². The molecule has 0 unspecified atom stereocenters. The SMILES string of the molecule is NC(=O)c1[nH]cnc1OC(=O)C(=Cc1ccccc1)c1ccccc1. The molecule has 1 aromatic heterocycles. The van der Waals surface area contributed by atoms with E-state index in [1.54, 1.807) is 18.2 Å². The number of nitrogens with one attached hydrogen (secondary N) is 1. The first-order chi connectivity index (χ1) is 12.1. The van der Waals surface area contributed by atoms with Crippen molar-refractivity contribution >= 4 is 23.5 Å². The first kappa shape index (κ1) is 16.2. The third kappa shape index (κ3) is 3.81. The van der Waals surface area contributed by atoms with E-state index in [1.807, 2.05) is 48.5 Å². The normalized spacial score (nSPS) is 11.1. The van der Waals surface area contributed by atoms with Crippen LogP contribution in [0.3, 0.4) is 0 Å². The number of imidazole rings is 1. The molecule has 0 fully saturated rings. The minimum Gasteiger partial charge on any atom is -0.401 e. The number of hydrogen-bond acceptors (Lipinski definition) is 4. The maximum Gasteiger partial charge on any atom is 0.345 e. The summed E-state index contributed by atoms with van der Waals surface area (Å²) < 4.78 is 5.29. The van der Waals surface area contributed by atoms with Gasteiger partial charge in [0.25, 0.3) is 11.8 Å². The number of esters is 1. The fraction of sp³-hybridized carbons (Fsp3) is 0. The Bertz CT molecular complexity index is 915. The van der Waals surface area contributed by atoms with E-state index in [0.717, 1.165) is 5.56 Å². The van der Waals surface area contributed by atoms with Crippen molar-refractivity contribution in [1.82, 2.24) is 9.97 Å². The monoisotopic (exact) mass is 333 g/mol. The van der Waals surface area contributed by atoms with Crippen LogP contribution >= 0.6 is 0 Å². The maximum absolute atomic E-state index is 12.7. The molecule has 6 heteroatoms. The minimum atomic E-state index is -0.756. The summed E-state index contributed by atoms with van der Waals surface area (Å²) >= 11 is 0. The number of carbonyl (C=O) groups is 2. The zero-order chi connectivity index (χ0) is 17.6. The zero-order valence-electron chi connectivity index (χ0n) is 13.2. The van der Waals surface area contributed by atoms with Gasteiger partial charge in [-0.15, -0.1) is 0 Å². The predicted molar refractivity (Wildman–Crippen MR) is 93.5 cm³/mol. The molecule has 124 valence electrons. The molecule has 0 aliphatic heterocycles. The first-order valence-corrected chi connectivity index (χ1v) is 7.52. The molecule has 6 nitrogen and oxygen atoms in total. The molecule has 0 aliphatic carbocycles. The lowest BCUT2D eigenvalue weighted by atomic mass is 10.0. The summed E-state index contributed by atoms with van der Waals surface area (Å²) in [5, 5.41) is 0. The van der Waals surface area contributed by atoms with Crippen molar-refractivity contribution in [2.24, 2.45) is 5.73 Å². The number of rotatable bonds is 5. The molecule has 1 amide bonds. The summed E-state index contributed by atoms with van der Waals surface area (Å²) in [6, 6.07) is 18.5. The maximum atomic E-state index is 12.7. The number of amides is 1. The highest BCUT2D eigenvalue weighted by Gasteiger charge is 2.20. The molecule has 3 N–H and O–H groups in total. The smallest absolute Gasteiger partial charge is 0.345 e. The van der Waals surface area contributed by atoms with Gasteiger partial charge < -0.3 is 15.5 Å². The first-order valence-electron chi connectivity index (χ1n) is 7.52. The number of aromatic nitrogens is 2. The lowest BCUT2D eigenvalue weighted by Gasteiger charge is -2.08. The highest BCUT2D eigenvalue weighted by atomic mass is 16.5.